The van der Waals surface area contributed by atoms with Crippen molar-refractivity contribution in [3.63, 3.8) is 0 Å². The quantitative estimate of drug-likeness (QED) is 0.835. The lowest BCUT2D eigenvalue weighted by Gasteiger charge is -2.36. The third kappa shape index (κ3) is 5.39. The molecule has 1 aliphatic rings. The van der Waals surface area contributed by atoms with Crippen LogP contribution in [0.15, 0.2) is 48.5 Å². The summed E-state index contributed by atoms with van der Waals surface area (Å²) >= 11 is 0. The van der Waals surface area contributed by atoms with E-state index >= 15 is 0 Å². The van der Waals surface area contributed by atoms with Crippen LogP contribution in [-0.2, 0) is 13.1 Å². The summed E-state index contributed by atoms with van der Waals surface area (Å²) in [4.78, 5) is 18.8. The van der Waals surface area contributed by atoms with Crippen molar-refractivity contribution in [3.05, 3.63) is 59.7 Å². The number of rotatable bonds is 6. The Bertz CT molecular complexity index is 751. The molecule has 0 aliphatic carbocycles. The van der Waals surface area contributed by atoms with Gasteiger partial charge in [-0.15, -0.1) is 0 Å². The highest BCUT2D eigenvalue weighted by Crippen LogP contribution is 2.20. The largest absolute Gasteiger partial charge is 0.497 e. The van der Waals surface area contributed by atoms with E-state index in [1.807, 2.05) is 17.0 Å². The van der Waals surface area contributed by atoms with Crippen molar-refractivity contribution in [3.8, 4) is 5.75 Å². The number of piperazine rings is 1. The Morgan fingerprint density at radius 3 is 2.14 bits per heavy atom. The minimum Gasteiger partial charge on any atom is -0.497 e. The van der Waals surface area contributed by atoms with Crippen LogP contribution in [0.2, 0.25) is 0 Å². The molecule has 2 amide bonds. The van der Waals surface area contributed by atoms with E-state index in [0.29, 0.717) is 6.54 Å². The van der Waals surface area contributed by atoms with Crippen molar-refractivity contribution in [1.82, 2.24) is 15.1 Å². The van der Waals surface area contributed by atoms with Gasteiger partial charge in [0.05, 0.1) is 7.11 Å². The summed E-state index contributed by atoms with van der Waals surface area (Å²) in [7, 11) is 5.79. The Balaban J connectivity index is 1.44. The number of anilines is 1. The summed E-state index contributed by atoms with van der Waals surface area (Å²) in [5.41, 5.74) is 3.56. The molecule has 0 atom stereocenters. The van der Waals surface area contributed by atoms with Crippen LogP contribution < -0.4 is 15.0 Å². The van der Waals surface area contributed by atoms with E-state index < -0.39 is 0 Å². The molecular weight excluding hydrogens is 352 g/mol. The second kappa shape index (κ2) is 9.46. The van der Waals surface area contributed by atoms with Gasteiger partial charge in [-0.05, 0) is 49.5 Å². The van der Waals surface area contributed by atoms with E-state index in [2.05, 4.69) is 65.6 Å². The highest BCUT2D eigenvalue weighted by Gasteiger charge is 2.21. The summed E-state index contributed by atoms with van der Waals surface area (Å²) in [6, 6.07) is 16.5. The van der Waals surface area contributed by atoms with Gasteiger partial charge in [0, 0.05) is 45.0 Å². The van der Waals surface area contributed by atoms with Crippen molar-refractivity contribution in [1.29, 1.82) is 0 Å². The van der Waals surface area contributed by atoms with Crippen LogP contribution in [0.5, 0.6) is 5.75 Å². The van der Waals surface area contributed by atoms with E-state index in [1.54, 1.807) is 7.11 Å². The predicted octanol–water partition coefficient (Wildman–Crippen LogP) is 2.79. The first-order valence-electron chi connectivity index (χ1n) is 9.69. The van der Waals surface area contributed by atoms with Crippen LogP contribution in [0.4, 0.5) is 10.5 Å². The molecule has 0 bridgehead atoms. The molecular formula is C22H30N4O2. The lowest BCUT2D eigenvalue weighted by atomic mass is 10.1. The number of benzene rings is 2. The molecule has 2 aromatic carbocycles. The second-order valence-corrected chi connectivity index (χ2v) is 7.39. The average Bonchev–Trinajstić information content (AvgIpc) is 2.73. The number of hydrogen-bond donors (Lipinski definition) is 1. The molecule has 1 fully saturated rings. The first-order chi connectivity index (χ1) is 13.5. The Morgan fingerprint density at radius 1 is 0.964 bits per heavy atom. The van der Waals surface area contributed by atoms with E-state index in [1.165, 1.54) is 11.3 Å². The fourth-order valence-electron chi connectivity index (χ4n) is 3.38. The maximum Gasteiger partial charge on any atom is 0.317 e. The fourth-order valence-corrected chi connectivity index (χ4v) is 3.38. The molecule has 1 aliphatic heterocycles. The molecule has 6 heteroatoms. The highest BCUT2D eigenvalue weighted by atomic mass is 16.5. The first kappa shape index (κ1) is 20.0. The predicted molar refractivity (Wildman–Crippen MR) is 113 cm³/mol. The Labute approximate surface area is 167 Å². The van der Waals surface area contributed by atoms with Crippen LogP contribution in [0.3, 0.4) is 0 Å². The SMILES string of the molecule is COc1ccc(N2CCN(C(=O)NCc3ccc(CN(C)C)cc3)CC2)cc1. The summed E-state index contributed by atoms with van der Waals surface area (Å²) in [6.07, 6.45) is 0. The van der Waals surface area contributed by atoms with Crippen molar-refractivity contribution in [2.75, 3.05) is 52.3 Å². The molecule has 1 N–H and O–H groups in total. The van der Waals surface area contributed by atoms with Crippen LogP contribution >= 0.6 is 0 Å². The molecule has 0 aromatic heterocycles. The van der Waals surface area contributed by atoms with Crippen LogP contribution in [0, 0.1) is 0 Å². The van der Waals surface area contributed by atoms with Crippen LogP contribution in [0.25, 0.3) is 0 Å². The summed E-state index contributed by atoms with van der Waals surface area (Å²) in [6.45, 7) is 4.59. The molecule has 0 unspecified atom stereocenters. The molecule has 2 aromatic rings. The Kier molecular flexibility index (Phi) is 6.76. The van der Waals surface area contributed by atoms with Gasteiger partial charge in [0.15, 0.2) is 0 Å². The maximum atomic E-state index is 12.5. The van der Waals surface area contributed by atoms with E-state index in [9.17, 15) is 4.79 Å². The molecule has 1 saturated heterocycles. The third-order valence-electron chi connectivity index (χ3n) is 4.97. The topological polar surface area (TPSA) is 48.1 Å². The van der Waals surface area contributed by atoms with Gasteiger partial charge in [0.1, 0.15) is 5.75 Å². The van der Waals surface area contributed by atoms with E-state index in [0.717, 1.165) is 44.0 Å². The van der Waals surface area contributed by atoms with Gasteiger partial charge in [-0.2, -0.15) is 0 Å². The Hall–Kier alpha value is -2.73. The van der Waals surface area contributed by atoms with E-state index in [4.69, 9.17) is 4.74 Å². The summed E-state index contributed by atoms with van der Waals surface area (Å²) in [5.74, 6) is 0.858. The van der Waals surface area contributed by atoms with Gasteiger partial charge in [-0.25, -0.2) is 4.79 Å². The zero-order valence-corrected chi connectivity index (χ0v) is 17.0. The van der Waals surface area contributed by atoms with Gasteiger partial charge < -0.3 is 24.8 Å². The normalized spacial score (nSPS) is 14.3. The number of hydrogen-bond acceptors (Lipinski definition) is 4. The lowest BCUT2D eigenvalue weighted by molar-refractivity contribution is 0.194. The van der Waals surface area contributed by atoms with Crippen LogP contribution in [0.1, 0.15) is 11.1 Å². The van der Waals surface area contributed by atoms with Crippen molar-refractivity contribution >= 4 is 11.7 Å². The van der Waals surface area contributed by atoms with Gasteiger partial charge in [0.2, 0.25) is 0 Å². The van der Waals surface area contributed by atoms with E-state index in [-0.39, 0.29) is 6.03 Å². The molecule has 3 rings (SSSR count). The van der Waals surface area contributed by atoms with Crippen molar-refractivity contribution < 1.29 is 9.53 Å². The number of methoxy groups -OCH3 is 1. The zero-order chi connectivity index (χ0) is 19.9. The number of carbonyl (C=O) groups excluding carboxylic acids is 1. The zero-order valence-electron chi connectivity index (χ0n) is 17.0. The maximum absolute atomic E-state index is 12.5. The number of carbonyl (C=O) groups is 1. The van der Waals surface area contributed by atoms with Crippen LogP contribution in [-0.4, -0.2) is 63.2 Å². The number of nitrogens with one attached hydrogen (secondary N) is 1. The van der Waals surface area contributed by atoms with Gasteiger partial charge in [-0.1, -0.05) is 24.3 Å². The van der Waals surface area contributed by atoms with Crippen molar-refractivity contribution in [2.45, 2.75) is 13.1 Å². The molecule has 0 radical (unpaired) electrons. The number of nitrogens with zero attached hydrogens (tertiary/aromatic N) is 3. The van der Waals surface area contributed by atoms with Crippen molar-refractivity contribution in [2.24, 2.45) is 0 Å². The smallest absolute Gasteiger partial charge is 0.317 e. The molecule has 150 valence electrons. The monoisotopic (exact) mass is 382 g/mol. The third-order valence-corrected chi connectivity index (χ3v) is 4.97. The van der Waals surface area contributed by atoms with Gasteiger partial charge >= 0.3 is 6.03 Å². The standard InChI is InChI=1S/C22H30N4O2/c1-24(2)17-19-6-4-18(5-7-19)16-23-22(27)26-14-12-25(13-15-26)20-8-10-21(28-3)11-9-20/h4-11H,12-17H2,1-3H3,(H,23,27). The van der Waals surface area contributed by atoms with Gasteiger partial charge in [0.25, 0.3) is 0 Å². The lowest BCUT2D eigenvalue weighted by Crippen LogP contribution is -2.51. The molecule has 0 saturated carbocycles. The number of ether oxygens (including phenoxy) is 1. The second-order valence-electron chi connectivity index (χ2n) is 7.39. The minimum absolute atomic E-state index is 0.00625. The molecule has 0 spiro atoms. The summed E-state index contributed by atoms with van der Waals surface area (Å²) < 4.78 is 5.21. The Morgan fingerprint density at radius 2 is 1.57 bits per heavy atom. The average molecular weight is 383 g/mol. The highest BCUT2D eigenvalue weighted by molar-refractivity contribution is 5.74. The minimum atomic E-state index is 0.00625. The van der Waals surface area contributed by atoms with Gasteiger partial charge in [-0.3, -0.25) is 0 Å². The number of amides is 2. The molecule has 1 heterocycles. The fraction of sp³-hybridized carbons (Fsp3) is 0.409. The first-order valence-corrected chi connectivity index (χ1v) is 9.69. The molecule has 28 heavy (non-hydrogen) atoms. The number of urea groups is 1. The molecule has 6 nitrogen and oxygen atoms in total. The summed E-state index contributed by atoms with van der Waals surface area (Å²) in [5, 5.41) is 3.04.